The lowest BCUT2D eigenvalue weighted by Crippen LogP contribution is -2.48. The van der Waals surface area contributed by atoms with Crippen LogP contribution in [0.15, 0.2) is 60.8 Å². The second-order valence-corrected chi connectivity index (χ2v) is 10.1. The van der Waals surface area contributed by atoms with E-state index in [0.717, 1.165) is 46.5 Å². The Morgan fingerprint density at radius 2 is 1.82 bits per heavy atom. The predicted molar refractivity (Wildman–Crippen MR) is 153 cm³/mol. The summed E-state index contributed by atoms with van der Waals surface area (Å²) in [4.78, 5) is 26.2. The Bertz CT molecular complexity index is 1500. The molecular weight excluding hydrogens is 495 g/mol. The first-order chi connectivity index (χ1) is 18.8. The van der Waals surface area contributed by atoms with Gasteiger partial charge >= 0.3 is 6.03 Å². The zero-order chi connectivity index (χ0) is 27.5. The van der Waals surface area contributed by atoms with E-state index in [0.29, 0.717) is 30.3 Å². The highest BCUT2D eigenvalue weighted by molar-refractivity contribution is 5.95. The number of amides is 2. The van der Waals surface area contributed by atoms with Crippen LogP contribution in [0.4, 0.5) is 26.5 Å². The summed E-state index contributed by atoms with van der Waals surface area (Å²) in [6.45, 7) is 8.89. The van der Waals surface area contributed by atoms with Crippen molar-refractivity contribution in [3.8, 4) is 16.9 Å². The number of aryl methyl sites for hydroxylation is 1. The Morgan fingerprint density at radius 3 is 2.59 bits per heavy atom. The van der Waals surface area contributed by atoms with Crippen LogP contribution in [0.2, 0.25) is 0 Å². The van der Waals surface area contributed by atoms with Gasteiger partial charge in [-0.15, -0.1) is 0 Å². The first kappa shape index (κ1) is 26.4. The Morgan fingerprint density at radius 1 is 1.03 bits per heavy atom. The summed E-state index contributed by atoms with van der Waals surface area (Å²) in [6.07, 6.45) is 1.64. The van der Waals surface area contributed by atoms with E-state index in [1.54, 1.807) is 12.3 Å². The summed E-state index contributed by atoms with van der Waals surface area (Å²) in [5, 5.41) is 7.17. The zero-order valence-electron chi connectivity index (χ0n) is 22.7. The molecule has 202 valence electrons. The molecule has 2 N–H and O–H groups in total. The highest BCUT2D eigenvalue weighted by atomic mass is 19.1. The second-order valence-electron chi connectivity index (χ2n) is 10.1. The van der Waals surface area contributed by atoms with Crippen molar-refractivity contribution in [2.24, 2.45) is 0 Å². The number of aromatic nitrogens is 2. The highest BCUT2D eigenvalue weighted by Crippen LogP contribution is 2.36. The van der Waals surface area contributed by atoms with Gasteiger partial charge in [-0.2, -0.15) is 0 Å². The summed E-state index contributed by atoms with van der Waals surface area (Å²) in [6, 6.07) is 16.0. The van der Waals surface area contributed by atoms with Crippen LogP contribution >= 0.6 is 0 Å². The number of anilines is 3. The number of hydrogen-bond donors (Lipinski definition) is 2. The van der Waals surface area contributed by atoms with Crippen molar-refractivity contribution >= 4 is 34.3 Å². The number of likely N-dealkylation sites (N-methyl/N-ethyl adjacent to an activating group) is 1. The van der Waals surface area contributed by atoms with Crippen molar-refractivity contribution in [2.45, 2.75) is 26.9 Å². The van der Waals surface area contributed by atoms with E-state index in [2.05, 4.69) is 27.6 Å². The van der Waals surface area contributed by atoms with Crippen molar-refractivity contribution in [3.05, 3.63) is 72.2 Å². The van der Waals surface area contributed by atoms with E-state index in [1.807, 2.05) is 62.1 Å². The van der Waals surface area contributed by atoms with Crippen molar-refractivity contribution < 1.29 is 13.9 Å². The molecule has 1 aromatic heterocycles. The number of rotatable bonds is 6. The van der Waals surface area contributed by atoms with Crippen LogP contribution in [0.3, 0.4) is 0 Å². The van der Waals surface area contributed by atoms with Gasteiger partial charge in [0.1, 0.15) is 11.6 Å². The number of ether oxygens (including phenoxy) is 1. The van der Waals surface area contributed by atoms with Gasteiger partial charge in [0.25, 0.3) is 0 Å². The lowest BCUT2D eigenvalue weighted by molar-refractivity contribution is 0.164. The van der Waals surface area contributed by atoms with Crippen molar-refractivity contribution in [3.63, 3.8) is 0 Å². The van der Waals surface area contributed by atoms with E-state index in [-0.39, 0.29) is 18.0 Å². The molecule has 1 aliphatic heterocycles. The van der Waals surface area contributed by atoms with Gasteiger partial charge in [-0.3, -0.25) is 0 Å². The smallest absolute Gasteiger partial charge is 0.321 e. The van der Waals surface area contributed by atoms with Crippen LogP contribution in [0.1, 0.15) is 19.4 Å². The van der Waals surface area contributed by atoms with Crippen LogP contribution in [0, 0.1) is 12.7 Å². The molecule has 0 aliphatic carbocycles. The number of fused-ring (bicyclic) bond motifs is 1. The maximum absolute atomic E-state index is 14.0. The maximum Gasteiger partial charge on any atom is 0.321 e. The molecule has 0 spiro atoms. The predicted octanol–water partition coefficient (Wildman–Crippen LogP) is 6.05. The summed E-state index contributed by atoms with van der Waals surface area (Å²) >= 11 is 0. The van der Waals surface area contributed by atoms with Crippen molar-refractivity contribution in [1.29, 1.82) is 0 Å². The Kier molecular flexibility index (Phi) is 7.60. The average molecular weight is 529 g/mol. The third kappa shape index (κ3) is 6.09. The number of hydrogen-bond acceptors (Lipinski definition) is 6. The first-order valence-corrected chi connectivity index (χ1v) is 13.1. The highest BCUT2D eigenvalue weighted by Gasteiger charge is 2.20. The van der Waals surface area contributed by atoms with Crippen LogP contribution in [-0.2, 0) is 0 Å². The standard InChI is InChI=1S/C30H33FN6O2/c1-19(2)39-27-16-22(31)9-11-24(27)25-7-5-6-21-18-32-29(35-28(21)25)33-23-10-8-20(3)26(17-23)34-30(38)37-14-12-36(4)13-15-37/h5-11,16-19H,12-15H2,1-4H3,(H,34,38)(H,32,33,35). The fourth-order valence-electron chi connectivity index (χ4n) is 4.57. The topological polar surface area (TPSA) is 82.6 Å². The van der Waals surface area contributed by atoms with Gasteiger partial charge in [-0.1, -0.05) is 24.3 Å². The van der Waals surface area contributed by atoms with Crippen LogP contribution in [-0.4, -0.2) is 65.1 Å². The minimum absolute atomic E-state index is 0.103. The molecule has 0 atom stereocenters. The number of nitrogens with zero attached hydrogens (tertiary/aromatic N) is 4. The van der Waals surface area contributed by atoms with Gasteiger partial charge in [-0.25, -0.2) is 19.2 Å². The lowest BCUT2D eigenvalue weighted by atomic mass is 10.0. The van der Waals surface area contributed by atoms with E-state index < -0.39 is 0 Å². The number of para-hydroxylation sites is 1. The molecule has 1 saturated heterocycles. The van der Waals surface area contributed by atoms with Crippen LogP contribution < -0.4 is 15.4 Å². The molecule has 1 fully saturated rings. The quantitative estimate of drug-likeness (QED) is 0.317. The normalized spacial score (nSPS) is 14.1. The molecule has 2 amide bonds. The number of carbonyl (C=O) groups is 1. The molecule has 4 aromatic rings. The number of urea groups is 1. The lowest BCUT2D eigenvalue weighted by Gasteiger charge is -2.32. The summed E-state index contributed by atoms with van der Waals surface area (Å²) < 4.78 is 20.0. The SMILES string of the molecule is Cc1ccc(Nc2ncc3cccc(-c4ccc(F)cc4OC(C)C)c3n2)cc1NC(=O)N1CCN(C)CC1. The average Bonchev–Trinajstić information content (AvgIpc) is 2.90. The molecule has 5 rings (SSSR count). The van der Waals surface area contributed by atoms with Gasteiger partial charge in [0.2, 0.25) is 5.95 Å². The number of piperazine rings is 1. The fraction of sp³-hybridized carbons (Fsp3) is 0.300. The van der Waals surface area contributed by atoms with Crippen LogP contribution in [0.5, 0.6) is 5.75 Å². The van der Waals surface area contributed by atoms with Gasteiger partial charge < -0.3 is 25.2 Å². The van der Waals surface area contributed by atoms with Crippen molar-refractivity contribution in [1.82, 2.24) is 19.8 Å². The molecule has 39 heavy (non-hydrogen) atoms. The van der Waals surface area contributed by atoms with Crippen LogP contribution in [0.25, 0.3) is 22.0 Å². The third-order valence-electron chi connectivity index (χ3n) is 6.73. The first-order valence-electron chi connectivity index (χ1n) is 13.1. The van der Waals surface area contributed by atoms with Gasteiger partial charge in [0.05, 0.1) is 11.6 Å². The number of benzene rings is 3. The molecule has 8 nitrogen and oxygen atoms in total. The monoisotopic (exact) mass is 528 g/mol. The minimum Gasteiger partial charge on any atom is -0.490 e. The van der Waals surface area contributed by atoms with E-state index in [1.165, 1.54) is 12.1 Å². The molecule has 2 heterocycles. The van der Waals surface area contributed by atoms with Gasteiger partial charge in [0.15, 0.2) is 0 Å². The number of carbonyl (C=O) groups excluding carboxylic acids is 1. The minimum atomic E-state index is -0.360. The van der Waals surface area contributed by atoms with E-state index >= 15 is 0 Å². The van der Waals surface area contributed by atoms with E-state index in [4.69, 9.17) is 9.72 Å². The number of nitrogens with one attached hydrogen (secondary N) is 2. The Labute approximate surface area is 227 Å². The zero-order valence-corrected chi connectivity index (χ0v) is 22.7. The molecule has 3 aromatic carbocycles. The van der Waals surface area contributed by atoms with Crippen molar-refractivity contribution in [2.75, 3.05) is 43.9 Å². The summed E-state index contributed by atoms with van der Waals surface area (Å²) in [7, 11) is 2.06. The van der Waals surface area contributed by atoms with E-state index in [9.17, 15) is 9.18 Å². The summed E-state index contributed by atoms with van der Waals surface area (Å²) in [5.41, 5.74) is 4.72. The molecule has 0 saturated carbocycles. The Balaban J connectivity index is 1.42. The van der Waals surface area contributed by atoms with Gasteiger partial charge in [0, 0.05) is 66.3 Å². The molecule has 0 bridgehead atoms. The molecular formula is C30H33FN6O2. The second kappa shape index (κ2) is 11.2. The molecule has 0 unspecified atom stereocenters. The fourth-order valence-corrected chi connectivity index (χ4v) is 4.57. The molecule has 9 heteroatoms. The summed E-state index contributed by atoms with van der Waals surface area (Å²) in [5.74, 6) is 0.509. The largest absolute Gasteiger partial charge is 0.490 e. The molecule has 0 radical (unpaired) electrons. The number of halogens is 1. The maximum atomic E-state index is 14.0. The Hall–Kier alpha value is -4.24. The third-order valence-corrected chi connectivity index (χ3v) is 6.73. The molecule has 1 aliphatic rings. The van der Waals surface area contributed by atoms with Gasteiger partial charge in [-0.05, 0) is 57.6 Å².